The van der Waals surface area contributed by atoms with Gasteiger partial charge in [-0.3, -0.25) is 0 Å². The number of benzene rings is 1. The number of ether oxygens (including phenoxy) is 2. The van der Waals surface area contributed by atoms with Crippen molar-refractivity contribution in [2.45, 2.75) is 45.1 Å². The summed E-state index contributed by atoms with van der Waals surface area (Å²) in [6.07, 6.45) is 6.39. The van der Waals surface area contributed by atoms with Gasteiger partial charge in [-0.05, 0) is 12.5 Å². The van der Waals surface area contributed by atoms with E-state index < -0.39 is 0 Å². The van der Waals surface area contributed by atoms with Gasteiger partial charge < -0.3 is 9.47 Å². The maximum atomic E-state index is 5.97. The molecule has 0 heterocycles. The van der Waals surface area contributed by atoms with Crippen molar-refractivity contribution >= 4 is 15.9 Å². The molecule has 0 amide bonds. The molecule has 1 atom stereocenters. The highest BCUT2D eigenvalue weighted by atomic mass is 79.9. The highest BCUT2D eigenvalue weighted by Crippen LogP contribution is 2.28. The van der Waals surface area contributed by atoms with Crippen LogP contribution in [0.5, 0.6) is 5.75 Å². The first-order valence-corrected chi connectivity index (χ1v) is 8.26. The van der Waals surface area contributed by atoms with E-state index in [1.807, 2.05) is 18.2 Å². The van der Waals surface area contributed by atoms with Crippen molar-refractivity contribution in [3.63, 3.8) is 0 Å². The predicted molar refractivity (Wildman–Crippen MR) is 84.2 cm³/mol. The van der Waals surface area contributed by atoms with E-state index in [1.54, 1.807) is 7.11 Å². The Hall–Kier alpha value is -0.540. The van der Waals surface area contributed by atoms with Crippen LogP contribution in [-0.4, -0.2) is 19.0 Å². The van der Waals surface area contributed by atoms with Gasteiger partial charge >= 0.3 is 0 Å². The molecule has 1 aromatic rings. The second-order valence-electron chi connectivity index (χ2n) is 4.67. The van der Waals surface area contributed by atoms with Crippen LogP contribution in [-0.2, 0) is 4.74 Å². The highest BCUT2D eigenvalue weighted by molar-refractivity contribution is 9.09. The Bertz CT molecular complexity index is 341. The topological polar surface area (TPSA) is 18.5 Å². The lowest BCUT2D eigenvalue weighted by molar-refractivity contribution is 0.0651. The molecule has 0 radical (unpaired) electrons. The number of alkyl halides is 1. The SMILES string of the molecule is CCCCCCCOC(CBr)c1ccccc1OC. The molecule has 1 unspecified atom stereocenters. The quantitative estimate of drug-likeness (QED) is 0.438. The number of hydrogen-bond acceptors (Lipinski definition) is 2. The van der Waals surface area contributed by atoms with Crippen molar-refractivity contribution in [1.29, 1.82) is 0 Å². The van der Waals surface area contributed by atoms with Gasteiger partial charge in [-0.15, -0.1) is 0 Å². The molecule has 1 rings (SSSR count). The molecule has 19 heavy (non-hydrogen) atoms. The van der Waals surface area contributed by atoms with E-state index in [9.17, 15) is 0 Å². The minimum absolute atomic E-state index is 0.0716. The van der Waals surface area contributed by atoms with Crippen molar-refractivity contribution in [2.24, 2.45) is 0 Å². The first-order chi connectivity index (χ1) is 9.33. The molecule has 3 heteroatoms. The summed E-state index contributed by atoms with van der Waals surface area (Å²) in [4.78, 5) is 0. The molecule has 0 aliphatic heterocycles. The smallest absolute Gasteiger partial charge is 0.124 e. The first kappa shape index (κ1) is 16.5. The average molecular weight is 329 g/mol. The number of methoxy groups -OCH3 is 1. The van der Waals surface area contributed by atoms with Gasteiger partial charge in [-0.25, -0.2) is 0 Å². The molecule has 0 aliphatic carbocycles. The number of hydrogen-bond donors (Lipinski definition) is 0. The van der Waals surface area contributed by atoms with Crippen molar-refractivity contribution in [3.05, 3.63) is 29.8 Å². The van der Waals surface area contributed by atoms with Crippen molar-refractivity contribution in [2.75, 3.05) is 19.0 Å². The normalized spacial score (nSPS) is 12.4. The van der Waals surface area contributed by atoms with Crippen LogP contribution in [0.4, 0.5) is 0 Å². The molecule has 0 aliphatic rings. The fraction of sp³-hybridized carbons (Fsp3) is 0.625. The number of halogens is 1. The summed E-state index contributed by atoms with van der Waals surface area (Å²) in [6.45, 7) is 3.05. The lowest BCUT2D eigenvalue weighted by atomic mass is 10.1. The summed E-state index contributed by atoms with van der Waals surface area (Å²) < 4.78 is 11.4. The fourth-order valence-electron chi connectivity index (χ4n) is 2.08. The van der Waals surface area contributed by atoms with E-state index in [4.69, 9.17) is 9.47 Å². The summed E-state index contributed by atoms with van der Waals surface area (Å²) in [5.74, 6) is 0.901. The summed E-state index contributed by atoms with van der Waals surface area (Å²) in [5.41, 5.74) is 1.12. The Morgan fingerprint density at radius 1 is 1.11 bits per heavy atom. The second kappa shape index (κ2) is 10.3. The van der Waals surface area contributed by atoms with E-state index in [-0.39, 0.29) is 6.10 Å². The second-order valence-corrected chi connectivity index (χ2v) is 5.32. The maximum absolute atomic E-state index is 5.97. The molecular weight excluding hydrogens is 304 g/mol. The maximum Gasteiger partial charge on any atom is 0.124 e. The molecule has 0 fully saturated rings. The van der Waals surface area contributed by atoms with E-state index in [0.717, 1.165) is 29.7 Å². The zero-order valence-corrected chi connectivity index (χ0v) is 13.6. The van der Waals surface area contributed by atoms with Crippen LogP contribution >= 0.6 is 15.9 Å². The van der Waals surface area contributed by atoms with Crippen LogP contribution < -0.4 is 4.74 Å². The Kier molecular flexibility index (Phi) is 8.93. The Morgan fingerprint density at radius 2 is 1.84 bits per heavy atom. The minimum atomic E-state index is 0.0716. The number of unbranched alkanes of at least 4 members (excludes halogenated alkanes) is 4. The van der Waals surface area contributed by atoms with Gasteiger partial charge in [-0.2, -0.15) is 0 Å². The van der Waals surface area contributed by atoms with E-state index in [2.05, 4.69) is 28.9 Å². The highest BCUT2D eigenvalue weighted by Gasteiger charge is 2.14. The lowest BCUT2D eigenvalue weighted by Gasteiger charge is -2.18. The molecular formula is C16H25BrO2. The van der Waals surface area contributed by atoms with Crippen LogP contribution in [0.3, 0.4) is 0 Å². The van der Waals surface area contributed by atoms with Gasteiger partial charge in [0, 0.05) is 17.5 Å². The summed E-state index contributed by atoms with van der Waals surface area (Å²) >= 11 is 3.53. The largest absolute Gasteiger partial charge is 0.496 e. The summed E-state index contributed by atoms with van der Waals surface area (Å²) in [7, 11) is 1.70. The number of rotatable bonds is 10. The molecule has 0 saturated heterocycles. The van der Waals surface area contributed by atoms with E-state index >= 15 is 0 Å². The monoisotopic (exact) mass is 328 g/mol. The van der Waals surface area contributed by atoms with E-state index in [1.165, 1.54) is 25.7 Å². The van der Waals surface area contributed by atoms with Gasteiger partial charge in [0.25, 0.3) is 0 Å². The standard InChI is InChI=1S/C16H25BrO2/c1-3-4-5-6-9-12-19-16(13-17)14-10-7-8-11-15(14)18-2/h7-8,10-11,16H,3-6,9,12-13H2,1-2H3. The summed E-state index contributed by atoms with van der Waals surface area (Å²) in [5, 5.41) is 0.794. The Balaban J connectivity index is 2.40. The first-order valence-electron chi connectivity index (χ1n) is 7.14. The van der Waals surface area contributed by atoms with Crippen LogP contribution in [0, 0.1) is 0 Å². The molecule has 0 bridgehead atoms. The Labute approximate surface area is 125 Å². The van der Waals surface area contributed by atoms with Gasteiger partial charge in [-0.1, -0.05) is 66.7 Å². The molecule has 108 valence electrons. The summed E-state index contributed by atoms with van der Waals surface area (Å²) in [6, 6.07) is 8.06. The molecule has 0 aromatic heterocycles. The predicted octanol–water partition coefficient (Wildman–Crippen LogP) is 5.12. The fourth-order valence-corrected chi connectivity index (χ4v) is 2.62. The van der Waals surface area contributed by atoms with Crippen molar-refractivity contribution in [1.82, 2.24) is 0 Å². The Morgan fingerprint density at radius 3 is 2.53 bits per heavy atom. The minimum Gasteiger partial charge on any atom is -0.496 e. The zero-order chi connectivity index (χ0) is 13.9. The van der Waals surface area contributed by atoms with Gasteiger partial charge in [0.05, 0.1) is 13.2 Å². The van der Waals surface area contributed by atoms with Crippen LogP contribution in [0.25, 0.3) is 0 Å². The average Bonchev–Trinajstić information content (AvgIpc) is 2.47. The zero-order valence-electron chi connectivity index (χ0n) is 12.0. The third-order valence-electron chi connectivity index (χ3n) is 3.19. The van der Waals surface area contributed by atoms with Crippen LogP contribution in [0.15, 0.2) is 24.3 Å². The molecule has 2 nitrogen and oxygen atoms in total. The molecule has 0 saturated carbocycles. The lowest BCUT2D eigenvalue weighted by Crippen LogP contribution is -2.08. The molecule has 1 aromatic carbocycles. The van der Waals surface area contributed by atoms with Gasteiger partial charge in [0.1, 0.15) is 5.75 Å². The van der Waals surface area contributed by atoms with E-state index in [0.29, 0.717) is 0 Å². The molecule has 0 N–H and O–H groups in total. The third kappa shape index (κ3) is 5.96. The van der Waals surface area contributed by atoms with Crippen molar-refractivity contribution < 1.29 is 9.47 Å². The number of para-hydroxylation sites is 1. The van der Waals surface area contributed by atoms with Crippen LogP contribution in [0.1, 0.15) is 50.7 Å². The molecule has 0 spiro atoms. The third-order valence-corrected chi connectivity index (χ3v) is 3.78. The van der Waals surface area contributed by atoms with Crippen LogP contribution in [0.2, 0.25) is 0 Å². The van der Waals surface area contributed by atoms with Gasteiger partial charge in [0.2, 0.25) is 0 Å². The van der Waals surface area contributed by atoms with Gasteiger partial charge in [0.15, 0.2) is 0 Å². The van der Waals surface area contributed by atoms with Crippen molar-refractivity contribution in [3.8, 4) is 5.75 Å².